The minimum atomic E-state index is -1.10. The number of carbonyl (C=O) groups is 3. The summed E-state index contributed by atoms with van der Waals surface area (Å²) in [4.78, 5) is 39.6. The first-order valence-corrected chi connectivity index (χ1v) is 10.1. The van der Waals surface area contributed by atoms with Crippen LogP contribution in [-0.4, -0.2) is 36.4 Å². The van der Waals surface area contributed by atoms with Crippen molar-refractivity contribution < 1.29 is 19.1 Å². The van der Waals surface area contributed by atoms with E-state index in [0.717, 1.165) is 34.4 Å². The van der Waals surface area contributed by atoms with Crippen LogP contribution in [0.25, 0.3) is 0 Å². The van der Waals surface area contributed by atoms with Gasteiger partial charge in [0.25, 0.3) is 5.91 Å². The van der Waals surface area contributed by atoms with E-state index in [9.17, 15) is 14.4 Å². The second-order valence-corrected chi connectivity index (χ2v) is 7.99. The third-order valence-electron chi connectivity index (χ3n) is 5.71. The van der Waals surface area contributed by atoms with Crippen molar-refractivity contribution in [1.29, 1.82) is 0 Å². The molecule has 4 amide bonds. The number of aryl methyl sites for hydroxylation is 2. The molecule has 1 saturated heterocycles. The van der Waals surface area contributed by atoms with Crippen LogP contribution in [0.15, 0.2) is 36.4 Å². The Bertz CT molecular complexity index is 1050. The number of hydrogen-bond donors (Lipinski definition) is 2. The predicted molar refractivity (Wildman–Crippen MR) is 113 cm³/mol. The summed E-state index contributed by atoms with van der Waals surface area (Å²) in [5.41, 5.74) is 1.95. The van der Waals surface area contributed by atoms with E-state index in [1.807, 2.05) is 24.3 Å². The van der Waals surface area contributed by atoms with Gasteiger partial charge in [-0.1, -0.05) is 35.9 Å². The van der Waals surface area contributed by atoms with Gasteiger partial charge in [0.05, 0.1) is 12.8 Å². The average molecular weight is 428 g/mol. The van der Waals surface area contributed by atoms with Gasteiger partial charge in [0.1, 0.15) is 17.8 Å². The highest BCUT2D eigenvalue weighted by molar-refractivity contribution is 6.31. The number of nitrogens with one attached hydrogen (secondary N) is 2. The lowest BCUT2D eigenvalue weighted by molar-refractivity contribution is -0.134. The van der Waals surface area contributed by atoms with E-state index in [2.05, 4.69) is 10.6 Å². The van der Waals surface area contributed by atoms with E-state index in [4.69, 9.17) is 16.3 Å². The lowest BCUT2D eigenvalue weighted by atomic mass is 9.76. The number of ether oxygens (including phenoxy) is 1. The van der Waals surface area contributed by atoms with Crippen molar-refractivity contribution in [3.05, 3.63) is 58.1 Å². The number of benzene rings is 2. The van der Waals surface area contributed by atoms with Gasteiger partial charge >= 0.3 is 6.03 Å². The molecule has 1 heterocycles. The van der Waals surface area contributed by atoms with E-state index < -0.39 is 23.4 Å². The molecule has 2 N–H and O–H groups in total. The fourth-order valence-electron chi connectivity index (χ4n) is 4.22. The number of imide groups is 1. The van der Waals surface area contributed by atoms with Gasteiger partial charge in [-0.3, -0.25) is 14.5 Å². The molecule has 1 atom stereocenters. The van der Waals surface area contributed by atoms with Crippen LogP contribution in [-0.2, 0) is 21.5 Å². The molecular weight excluding hydrogens is 406 g/mol. The van der Waals surface area contributed by atoms with Gasteiger partial charge in [-0.15, -0.1) is 0 Å². The number of anilines is 1. The summed E-state index contributed by atoms with van der Waals surface area (Å²) in [6.45, 7) is 1.42. The van der Waals surface area contributed by atoms with Crippen LogP contribution in [0.1, 0.15) is 29.5 Å². The average Bonchev–Trinajstić information content (AvgIpc) is 2.95. The second kappa shape index (κ2) is 7.65. The van der Waals surface area contributed by atoms with Gasteiger partial charge in [0, 0.05) is 11.1 Å². The molecule has 2 aliphatic rings. The molecule has 4 rings (SSSR count). The van der Waals surface area contributed by atoms with Gasteiger partial charge in [-0.25, -0.2) is 4.79 Å². The molecule has 0 saturated carbocycles. The fourth-order valence-corrected chi connectivity index (χ4v) is 4.37. The van der Waals surface area contributed by atoms with Gasteiger partial charge in [-0.2, -0.15) is 0 Å². The van der Waals surface area contributed by atoms with E-state index in [-0.39, 0.29) is 6.54 Å². The molecule has 2 aromatic rings. The minimum absolute atomic E-state index is 0.389. The second-order valence-electron chi connectivity index (χ2n) is 7.59. The highest BCUT2D eigenvalue weighted by Gasteiger charge is 2.54. The molecule has 0 aromatic heterocycles. The van der Waals surface area contributed by atoms with Gasteiger partial charge < -0.3 is 15.4 Å². The highest BCUT2D eigenvalue weighted by Crippen LogP contribution is 2.40. The number of hydrogen-bond acceptors (Lipinski definition) is 4. The van der Waals surface area contributed by atoms with Gasteiger partial charge in [0.2, 0.25) is 5.91 Å². The lowest BCUT2D eigenvalue weighted by Gasteiger charge is -2.33. The molecular formula is C22H22ClN3O4. The van der Waals surface area contributed by atoms with Gasteiger partial charge in [-0.05, 0) is 48.9 Å². The maximum Gasteiger partial charge on any atom is 0.325 e. The van der Waals surface area contributed by atoms with Crippen molar-refractivity contribution in [2.45, 2.75) is 31.7 Å². The molecule has 1 fully saturated rings. The Kier molecular flexibility index (Phi) is 5.15. The first-order chi connectivity index (χ1) is 14.4. The molecule has 1 spiro atoms. The minimum Gasteiger partial charge on any atom is -0.495 e. The maximum atomic E-state index is 13.3. The highest BCUT2D eigenvalue weighted by atomic mass is 35.5. The Morgan fingerprint density at radius 3 is 2.83 bits per heavy atom. The number of halogens is 1. The molecule has 156 valence electrons. The number of fused-ring (bicyclic) bond motifs is 2. The van der Waals surface area contributed by atoms with E-state index in [1.54, 1.807) is 19.1 Å². The summed E-state index contributed by atoms with van der Waals surface area (Å²) in [6, 6.07) is 10.4. The molecule has 7 nitrogen and oxygen atoms in total. The van der Waals surface area contributed by atoms with Crippen molar-refractivity contribution in [2.75, 3.05) is 19.0 Å². The molecule has 0 bridgehead atoms. The first-order valence-electron chi connectivity index (χ1n) is 9.72. The van der Waals surface area contributed by atoms with Crippen LogP contribution >= 0.6 is 11.6 Å². The molecule has 1 unspecified atom stereocenters. The number of carbonyl (C=O) groups excluding carboxylic acids is 3. The van der Waals surface area contributed by atoms with Crippen LogP contribution in [0, 0.1) is 6.92 Å². The van der Waals surface area contributed by atoms with E-state index >= 15 is 0 Å². The monoisotopic (exact) mass is 427 g/mol. The molecule has 1 aliphatic heterocycles. The third kappa shape index (κ3) is 3.29. The summed E-state index contributed by atoms with van der Waals surface area (Å²) in [5.74, 6) is -0.498. The van der Waals surface area contributed by atoms with Crippen molar-refractivity contribution >= 4 is 35.1 Å². The van der Waals surface area contributed by atoms with Crippen molar-refractivity contribution in [3.63, 3.8) is 0 Å². The smallest absolute Gasteiger partial charge is 0.325 e. The van der Waals surface area contributed by atoms with Crippen molar-refractivity contribution in [1.82, 2.24) is 10.2 Å². The first kappa shape index (κ1) is 20.2. The maximum absolute atomic E-state index is 13.3. The normalized spacial score (nSPS) is 20.2. The van der Waals surface area contributed by atoms with E-state index in [1.165, 1.54) is 7.11 Å². The predicted octanol–water partition coefficient (Wildman–Crippen LogP) is 3.38. The number of methoxy groups -OCH3 is 1. The lowest BCUT2D eigenvalue weighted by Crippen LogP contribution is -2.47. The standard InChI is InChI=1S/C22H22ClN3O4/c1-13-10-17(18(30-2)11-16(13)23)24-19(27)12-26-20(28)22(25-21(26)29)9-5-7-14-6-3-4-8-15(14)22/h3-4,6,8,10-11H,5,7,9,12H2,1-2H3,(H,24,27)(H,25,29). The molecule has 2 aromatic carbocycles. The van der Waals surface area contributed by atoms with Crippen LogP contribution in [0.3, 0.4) is 0 Å². The molecule has 8 heteroatoms. The molecule has 30 heavy (non-hydrogen) atoms. The number of nitrogens with zero attached hydrogens (tertiary/aromatic N) is 1. The Morgan fingerprint density at radius 1 is 1.30 bits per heavy atom. The Hall–Kier alpha value is -3.06. The van der Waals surface area contributed by atoms with Crippen molar-refractivity contribution in [3.8, 4) is 5.75 Å². The third-order valence-corrected chi connectivity index (χ3v) is 6.11. The van der Waals surface area contributed by atoms with E-state index in [0.29, 0.717) is 22.9 Å². The Balaban J connectivity index is 1.55. The summed E-state index contributed by atoms with van der Waals surface area (Å²) in [6.07, 6.45) is 2.15. The number of amides is 4. The zero-order valence-corrected chi connectivity index (χ0v) is 17.5. The summed E-state index contributed by atoms with van der Waals surface area (Å²) >= 11 is 6.10. The largest absolute Gasteiger partial charge is 0.495 e. The van der Waals surface area contributed by atoms with Gasteiger partial charge in [0.15, 0.2) is 0 Å². The summed E-state index contributed by atoms with van der Waals surface area (Å²) in [5, 5.41) is 6.07. The Labute approximate surface area is 179 Å². The van der Waals surface area contributed by atoms with Crippen LogP contribution in [0.5, 0.6) is 5.75 Å². The zero-order valence-electron chi connectivity index (χ0n) is 16.8. The van der Waals surface area contributed by atoms with Crippen LogP contribution in [0.4, 0.5) is 10.5 Å². The zero-order chi connectivity index (χ0) is 21.5. The Morgan fingerprint density at radius 2 is 2.07 bits per heavy atom. The van der Waals surface area contributed by atoms with Crippen LogP contribution in [0.2, 0.25) is 5.02 Å². The summed E-state index contributed by atoms with van der Waals surface area (Å²) < 4.78 is 5.26. The number of urea groups is 1. The van der Waals surface area contributed by atoms with Crippen LogP contribution < -0.4 is 15.4 Å². The SMILES string of the molecule is COc1cc(Cl)c(C)cc1NC(=O)CN1C(=O)NC2(CCCc3ccccc32)C1=O. The summed E-state index contributed by atoms with van der Waals surface area (Å²) in [7, 11) is 1.47. The molecule has 1 aliphatic carbocycles. The van der Waals surface area contributed by atoms with Crippen molar-refractivity contribution in [2.24, 2.45) is 0 Å². The molecule has 0 radical (unpaired) electrons. The fraction of sp³-hybridized carbons (Fsp3) is 0.318. The quantitative estimate of drug-likeness (QED) is 0.732. The topological polar surface area (TPSA) is 87.7 Å². The number of rotatable bonds is 4.